The number of nitrogens with one attached hydrogen (secondary N) is 1. The zero-order chi connectivity index (χ0) is 27.4. The van der Waals surface area contributed by atoms with Gasteiger partial charge in [-0.1, -0.05) is 54.6 Å². The summed E-state index contributed by atoms with van der Waals surface area (Å²) < 4.78 is 72.8. The molecule has 0 saturated carbocycles. The van der Waals surface area contributed by atoms with Crippen LogP contribution in [0.2, 0.25) is 0 Å². The van der Waals surface area contributed by atoms with Crippen LogP contribution in [0.1, 0.15) is 0 Å². The molecular weight excluding hydrogens is 561 g/mol. The number of nitrogens with zero attached hydrogens (tertiary/aromatic N) is 2. The van der Waals surface area contributed by atoms with E-state index in [-0.39, 0.29) is 35.2 Å². The molecule has 6 rings (SSSR count). The Morgan fingerprint density at radius 1 is 0.650 bits per heavy atom. The minimum absolute atomic E-state index is 0. The van der Waals surface area contributed by atoms with Gasteiger partial charge in [-0.05, 0) is 24.3 Å². The summed E-state index contributed by atoms with van der Waals surface area (Å²) in [5.74, 6) is 0. The fourth-order valence-corrected chi connectivity index (χ4v) is 5.93. The molecule has 12 heteroatoms. The van der Waals surface area contributed by atoms with Gasteiger partial charge in [0.2, 0.25) is 16.7 Å². The second kappa shape index (κ2) is 10.5. The minimum Gasteiger partial charge on any atom is -0.744 e. The predicted octanol–water partition coefficient (Wildman–Crippen LogP) is 1.37. The third-order valence-corrected chi connectivity index (χ3v) is 8.09. The van der Waals surface area contributed by atoms with Gasteiger partial charge < -0.3 is 14.4 Å². The molecular formula is C28H18N3NaO6S2. The Balaban J connectivity index is 0.00000323. The molecule has 6 aromatic rings. The van der Waals surface area contributed by atoms with Crippen LogP contribution in [0, 0.1) is 0 Å². The Kier molecular flexibility index (Phi) is 7.40. The maximum Gasteiger partial charge on any atom is 1.00 e. The van der Waals surface area contributed by atoms with E-state index in [1.54, 1.807) is 6.07 Å². The van der Waals surface area contributed by atoms with Gasteiger partial charge in [-0.2, -0.15) is 0 Å². The third kappa shape index (κ3) is 5.08. The first-order valence-corrected chi connectivity index (χ1v) is 14.5. The van der Waals surface area contributed by atoms with Crippen LogP contribution in [-0.4, -0.2) is 30.9 Å². The predicted molar refractivity (Wildman–Crippen MR) is 144 cm³/mol. The van der Waals surface area contributed by atoms with E-state index in [1.807, 2.05) is 83.4 Å². The quantitative estimate of drug-likeness (QED) is 0.106. The van der Waals surface area contributed by atoms with E-state index in [1.165, 1.54) is 0 Å². The van der Waals surface area contributed by atoms with Crippen molar-refractivity contribution in [1.29, 1.82) is 0 Å². The molecule has 0 unspecified atom stereocenters. The van der Waals surface area contributed by atoms with E-state index in [0.717, 1.165) is 34.2 Å². The van der Waals surface area contributed by atoms with Crippen LogP contribution in [0.4, 0.5) is 11.4 Å². The molecule has 1 heterocycles. The van der Waals surface area contributed by atoms with Crippen molar-refractivity contribution in [2.24, 2.45) is 0 Å². The van der Waals surface area contributed by atoms with Gasteiger partial charge in [0.25, 0.3) is 0 Å². The first kappa shape index (κ1) is 28.1. The number of para-hydroxylation sites is 3. The van der Waals surface area contributed by atoms with Gasteiger partial charge in [-0.25, -0.2) is 21.8 Å². The summed E-state index contributed by atoms with van der Waals surface area (Å²) in [6.45, 7) is 0. The maximum atomic E-state index is 12.1. The van der Waals surface area contributed by atoms with E-state index in [0.29, 0.717) is 28.2 Å². The van der Waals surface area contributed by atoms with Crippen LogP contribution in [0.25, 0.3) is 38.5 Å². The number of hydrogen-bond donors (Lipinski definition) is 1. The fourth-order valence-electron chi connectivity index (χ4n) is 4.70. The molecule has 0 fully saturated rings. The Labute approximate surface area is 251 Å². The molecule has 0 amide bonds. The molecule has 9 nitrogen and oxygen atoms in total. The first-order valence-electron chi connectivity index (χ1n) is 11.7. The molecule has 1 aromatic heterocycles. The number of fused-ring (bicyclic) bond motifs is 4. The molecule has 40 heavy (non-hydrogen) atoms. The van der Waals surface area contributed by atoms with Gasteiger partial charge in [-0.15, -0.1) is 4.57 Å². The molecule has 1 N–H and O–H groups in total. The van der Waals surface area contributed by atoms with Crippen molar-refractivity contribution in [3.05, 3.63) is 103 Å². The van der Waals surface area contributed by atoms with Gasteiger partial charge in [-0.3, -0.25) is 0 Å². The summed E-state index contributed by atoms with van der Waals surface area (Å²) in [4.78, 5) is 3.27. The zero-order valence-electron chi connectivity index (χ0n) is 21.0. The molecule has 194 valence electrons. The van der Waals surface area contributed by atoms with Crippen LogP contribution in [-0.2, 0) is 20.2 Å². The SMILES string of the molecule is O=S(=O)([O-])c1ccc(Nc2cc3c(nc4ccccc4[n+]3-c3ccccc3)c3ccccc23)c(S(=O)(=O)[O-])c1.[Na+]. The topological polar surface area (TPSA) is 143 Å². The summed E-state index contributed by atoms with van der Waals surface area (Å²) >= 11 is 0. The Morgan fingerprint density at radius 3 is 2.00 bits per heavy atom. The van der Waals surface area contributed by atoms with Crippen LogP contribution < -0.4 is 39.4 Å². The molecule has 0 aliphatic rings. The average molecular weight is 580 g/mol. The molecule has 5 aromatic carbocycles. The van der Waals surface area contributed by atoms with Crippen molar-refractivity contribution in [2.45, 2.75) is 9.79 Å². The zero-order valence-corrected chi connectivity index (χ0v) is 24.6. The Hall–Kier alpha value is -3.42. The van der Waals surface area contributed by atoms with Crippen LogP contribution in [0.3, 0.4) is 0 Å². The maximum absolute atomic E-state index is 12.1. The van der Waals surface area contributed by atoms with Gasteiger partial charge in [0.05, 0.1) is 21.2 Å². The van der Waals surface area contributed by atoms with E-state index in [2.05, 4.69) is 5.32 Å². The van der Waals surface area contributed by atoms with Crippen LogP contribution in [0.5, 0.6) is 0 Å². The molecule has 0 aliphatic heterocycles. The third-order valence-electron chi connectivity index (χ3n) is 6.39. The van der Waals surface area contributed by atoms with Crippen molar-refractivity contribution in [3.63, 3.8) is 0 Å². The summed E-state index contributed by atoms with van der Waals surface area (Å²) in [5.41, 5.74) is 4.16. The van der Waals surface area contributed by atoms with Crippen molar-refractivity contribution in [1.82, 2.24) is 4.98 Å². The standard InChI is InChI=1S/C28H19N3O6S2.Na/c32-38(33,34)19-14-15-23(27(16-19)39(35,36)37)29-24-17-26-28(21-11-5-4-10-20(21)24)30-22-12-6-7-13-25(22)31(26)18-8-2-1-3-9-18;/h1-17H,(H2,32,33,34,35,36,37);/q;+1/p-1. The van der Waals surface area contributed by atoms with Crippen molar-refractivity contribution < 1.29 is 60.1 Å². The van der Waals surface area contributed by atoms with Gasteiger partial charge in [0.1, 0.15) is 31.3 Å². The Bertz CT molecular complexity index is 2160. The summed E-state index contributed by atoms with van der Waals surface area (Å²) in [6, 6.07) is 29.2. The number of anilines is 2. The first-order chi connectivity index (χ1) is 18.6. The summed E-state index contributed by atoms with van der Waals surface area (Å²) in [6.07, 6.45) is 0. The van der Waals surface area contributed by atoms with Gasteiger partial charge in [0, 0.05) is 35.0 Å². The summed E-state index contributed by atoms with van der Waals surface area (Å²) in [5, 5.41) is 4.45. The molecule has 0 bridgehead atoms. The van der Waals surface area contributed by atoms with Crippen LogP contribution >= 0.6 is 0 Å². The van der Waals surface area contributed by atoms with Crippen molar-refractivity contribution in [2.75, 3.05) is 5.32 Å². The molecule has 0 atom stereocenters. The fraction of sp³-hybridized carbons (Fsp3) is 0. The number of rotatable bonds is 5. The number of hydrogen-bond acceptors (Lipinski definition) is 8. The van der Waals surface area contributed by atoms with Gasteiger partial charge >= 0.3 is 29.6 Å². The van der Waals surface area contributed by atoms with E-state index in [9.17, 15) is 25.9 Å². The second-order valence-electron chi connectivity index (χ2n) is 8.80. The average Bonchev–Trinajstić information content (AvgIpc) is 2.91. The molecule has 0 radical (unpaired) electrons. The van der Waals surface area contributed by atoms with Crippen molar-refractivity contribution in [3.8, 4) is 5.69 Å². The van der Waals surface area contributed by atoms with Gasteiger partial charge in [0.15, 0.2) is 0 Å². The normalized spacial score (nSPS) is 11.9. The summed E-state index contributed by atoms with van der Waals surface area (Å²) in [7, 11) is -10.1. The molecule has 0 aliphatic carbocycles. The smallest absolute Gasteiger partial charge is 0.744 e. The van der Waals surface area contributed by atoms with E-state index < -0.39 is 30.0 Å². The largest absolute Gasteiger partial charge is 1.00 e. The number of benzene rings is 5. The van der Waals surface area contributed by atoms with E-state index >= 15 is 0 Å². The second-order valence-corrected chi connectivity index (χ2v) is 11.5. The monoisotopic (exact) mass is 579 g/mol. The Morgan fingerprint density at radius 2 is 1.30 bits per heavy atom. The molecule has 0 spiro atoms. The van der Waals surface area contributed by atoms with Crippen molar-refractivity contribution >= 4 is 64.5 Å². The molecule has 0 saturated heterocycles. The van der Waals surface area contributed by atoms with E-state index in [4.69, 9.17) is 4.98 Å². The van der Waals surface area contributed by atoms with Crippen LogP contribution in [0.15, 0.2) is 113 Å². The number of aromatic nitrogens is 2. The minimum atomic E-state index is -5.15.